The van der Waals surface area contributed by atoms with E-state index in [-0.39, 0.29) is 11.0 Å². The first-order valence-corrected chi connectivity index (χ1v) is 6.25. The number of hydrogen-bond donors (Lipinski definition) is 1. The zero-order valence-electron chi connectivity index (χ0n) is 11.0. The number of hydrogen-bond acceptors (Lipinski definition) is 2. The Morgan fingerprint density at radius 2 is 1.93 bits per heavy atom. The molecule has 1 aliphatic rings. The van der Waals surface area contributed by atoms with Gasteiger partial charge in [0.15, 0.2) is 0 Å². The minimum atomic E-state index is 0.105. The molecule has 0 radical (unpaired) electrons. The van der Waals surface area contributed by atoms with E-state index in [9.17, 15) is 0 Å². The second-order valence-corrected chi connectivity index (χ2v) is 5.88. The van der Waals surface area contributed by atoms with Gasteiger partial charge in [0.2, 0.25) is 0 Å². The molecule has 1 fully saturated rings. The molecule has 0 aliphatic heterocycles. The minimum Gasteiger partial charge on any atom is -0.377 e. The van der Waals surface area contributed by atoms with Crippen molar-refractivity contribution in [3.8, 4) is 0 Å². The van der Waals surface area contributed by atoms with Crippen molar-refractivity contribution in [2.45, 2.75) is 65.0 Å². The highest BCUT2D eigenvalue weighted by atomic mass is 16.5. The summed E-state index contributed by atoms with van der Waals surface area (Å²) in [4.78, 5) is 0. The van der Waals surface area contributed by atoms with E-state index >= 15 is 0 Å². The molecule has 1 saturated carbocycles. The molecule has 90 valence electrons. The fraction of sp³-hybridized carbons (Fsp3) is 1.00. The first-order valence-electron chi connectivity index (χ1n) is 6.25. The van der Waals surface area contributed by atoms with Crippen molar-refractivity contribution in [2.24, 2.45) is 5.41 Å². The lowest BCUT2D eigenvalue weighted by Crippen LogP contribution is -2.61. The quantitative estimate of drug-likeness (QED) is 0.758. The Kier molecular flexibility index (Phi) is 4.19. The Balaban J connectivity index is 2.70. The van der Waals surface area contributed by atoms with E-state index in [0.717, 1.165) is 6.54 Å². The molecule has 0 spiro atoms. The third-order valence-electron chi connectivity index (χ3n) is 3.60. The average molecular weight is 213 g/mol. The summed E-state index contributed by atoms with van der Waals surface area (Å²) in [5.74, 6) is 0. The number of nitrogens with one attached hydrogen (secondary N) is 1. The van der Waals surface area contributed by atoms with Gasteiger partial charge in [-0.25, -0.2) is 0 Å². The molecule has 2 nitrogen and oxygen atoms in total. The molecule has 0 saturated heterocycles. The normalized spacial score (nSPS) is 22.2. The summed E-state index contributed by atoms with van der Waals surface area (Å²) in [7, 11) is 1.87. The summed E-state index contributed by atoms with van der Waals surface area (Å²) in [5.41, 5.74) is 0.374. The van der Waals surface area contributed by atoms with Gasteiger partial charge in [-0.15, -0.1) is 0 Å². The Labute approximate surface area is 94.8 Å². The standard InChI is InChI=1S/C13H27NO/c1-6-10-14-11(12(2,3)4)13(15-5)8-7-9-13/h11,14H,6-10H2,1-5H3. The Morgan fingerprint density at radius 1 is 1.33 bits per heavy atom. The van der Waals surface area contributed by atoms with Crippen LogP contribution in [0.25, 0.3) is 0 Å². The molecule has 0 aromatic rings. The van der Waals surface area contributed by atoms with Crippen LogP contribution in [0.2, 0.25) is 0 Å². The van der Waals surface area contributed by atoms with E-state index < -0.39 is 0 Å². The van der Waals surface area contributed by atoms with Crippen molar-refractivity contribution < 1.29 is 4.74 Å². The number of rotatable bonds is 5. The van der Waals surface area contributed by atoms with Gasteiger partial charge >= 0.3 is 0 Å². The molecule has 2 heteroatoms. The van der Waals surface area contributed by atoms with Gasteiger partial charge in [0, 0.05) is 13.2 Å². The summed E-state index contributed by atoms with van der Waals surface area (Å²) in [6.45, 7) is 10.2. The maximum atomic E-state index is 5.80. The third kappa shape index (κ3) is 2.73. The van der Waals surface area contributed by atoms with Crippen molar-refractivity contribution >= 4 is 0 Å². The summed E-state index contributed by atoms with van der Waals surface area (Å²) in [6.07, 6.45) is 4.92. The Hall–Kier alpha value is -0.0800. The molecule has 0 aromatic heterocycles. The predicted octanol–water partition coefficient (Wildman–Crippen LogP) is 2.97. The van der Waals surface area contributed by atoms with Crippen LogP contribution in [0.5, 0.6) is 0 Å². The van der Waals surface area contributed by atoms with Gasteiger partial charge in [0.05, 0.1) is 5.60 Å². The molecule has 1 unspecified atom stereocenters. The molecular formula is C13H27NO. The van der Waals surface area contributed by atoms with Crippen LogP contribution in [-0.2, 0) is 4.74 Å². The molecule has 1 aliphatic carbocycles. The van der Waals surface area contributed by atoms with E-state index in [1.165, 1.54) is 25.7 Å². The van der Waals surface area contributed by atoms with E-state index in [1.54, 1.807) is 0 Å². The predicted molar refractivity (Wildman–Crippen MR) is 65.1 cm³/mol. The highest BCUT2D eigenvalue weighted by Crippen LogP contribution is 2.43. The first kappa shape index (κ1) is 13.0. The van der Waals surface area contributed by atoms with Gasteiger partial charge in [0.1, 0.15) is 0 Å². The summed E-state index contributed by atoms with van der Waals surface area (Å²) < 4.78 is 5.80. The highest BCUT2D eigenvalue weighted by molar-refractivity contribution is 5.04. The van der Waals surface area contributed by atoms with Gasteiger partial charge in [-0.05, 0) is 37.6 Å². The maximum Gasteiger partial charge on any atom is 0.0836 e. The van der Waals surface area contributed by atoms with Crippen LogP contribution in [0.4, 0.5) is 0 Å². The van der Waals surface area contributed by atoms with Crippen molar-refractivity contribution in [1.29, 1.82) is 0 Å². The molecular weight excluding hydrogens is 186 g/mol. The van der Waals surface area contributed by atoms with Crippen LogP contribution in [0.1, 0.15) is 53.4 Å². The van der Waals surface area contributed by atoms with Crippen molar-refractivity contribution in [1.82, 2.24) is 5.32 Å². The van der Waals surface area contributed by atoms with E-state index in [1.807, 2.05) is 7.11 Å². The lowest BCUT2D eigenvalue weighted by molar-refractivity contribution is -0.122. The average Bonchev–Trinajstić information content (AvgIpc) is 2.07. The van der Waals surface area contributed by atoms with Gasteiger partial charge < -0.3 is 10.1 Å². The minimum absolute atomic E-state index is 0.105. The van der Waals surface area contributed by atoms with Crippen molar-refractivity contribution in [3.05, 3.63) is 0 Å². The molecule has 1 atom stereocenters. The van der Waals surface area contributed by atoms with Gasteiger partial charge in [-0.1, -0.05) is 27.7 Å². The molecule has 0 bridgehead atoms. The summed E-state index contributed by atoms with van der Waals surface area (Å²) >= 11 is 0. The van der Waals surface area contributed by atoms with Gasteiger partial charge in [0.25, 0.3) is 0 Å². The van der Waals surface area contributed by atoms with Crippen LogP contribution in [0.3, 0.4) is 0 Å². The lowest BCUT2D eigenvalue weighted by Gasteiger charge is -2.51. The SMILES string of the molecule is CCCNC(C(C)(C)C)C1(OC)CCC1. The van der Waals surface area contributed by atoms with E-state index in [0.29, 0.717) is 6.04 Å². The monoisotopic (exact) mass is 213 g/mol. The van der Waals surface area contributed by atoms with Crippen LogP contribution >= 0.6 is 0 Å². The van der Waals surface area contributed by atoms with Crippen LogP contribution < -0.4 is 5.32 Å². The largest absolute Gasteiger partial charge is 0.377 e. The molecule has 15 heavy (non-hydrogen) atoms. The maximum absolute atomic E-state index is 5.80. The summed E-state index contributed by atoms with van der Waals surface area (Å²) in [6, 6.07) is 0.476. The van der Waals surface area contributed by atoms with Gasteiger partial charge in [-0.2, -0.15) is 0 Å². The number of methoxy groups -OCH3 is 1. The van der Waals surface area contributed by atoms with Crippen molar-refractivity contribution in [2.75, 3.05) is 13.7 Å². The third-order valence-corrected chi connectivity index (χ3v) is 3.60. The van der Waals surface area contributed by atoms with E-state index in [2.05, 4.69) is 33.0 Å². The lowest BCUT2D eigenvalue weighted by atomic mass is 9.66. The van der Waals surface area contributed by atoms with Crippen LogP contribution in [0.15, 0.2) is 0 Å². The zero-order chi connectivity index (χ0) is 11.5. The molecule has 0 heterocycles. The van der Waals surface area contributed by atoms with Gasteiger partial charge in [-0.3, -0.25) is 0 Å². The second-order valence-electron chi connectivity index (χ2n) is 5.88. The summed E-state index contributed by atoms with van der Waals surface area (Å²) in [5, 5.41) is 3.68. The molecule has 1 N–H and O–H groups in total. The van der Waals surface area contributed by atoms with Crippen LogP contribution in [0, 0.1) is 5.41 Å². The molecule has 1 rings (SSSR count). The molecule has 0 amide bonds. The number of ether oxygens (including phenoxy) is 1. The molecule has 0 aromatic carbocycles. The van der Waals surface area contributed by atoms with Crippen LogP contribution in [-0.4, -0.2) is 25.3 Å². The smallest absolute Gasteiger partial charge is 0.0836 e. The second kappa shape index (κ2) is 4.84. The first-order chi connectivity index (χ1) is 6.96. The fourth-order valence-corrected chi connectivity index (χ4v) is 2.71. The Bertz CT molecular complexity index is 186. The fourth-order valence-electron chi connectivity index (χ4n) is 2.71. The van der Waals surface area contributed by atoms with Crippen molar-refractivity contribution in [3.63, 3.8) is 0 Å². The zero-order valence-corrected chi connectivity index (χ0v) is 11.0. The Morgan fingerprint density at radius 3 is 2.20 bits per heavy atom. The highest BCUT2D eigenvalue weighted by Gasteiger charge is 2.48. The van der Waals surface area contributed by atoms with E-state index in [4.69, 9.17) is 4.74 Å². The topological polar surface area (TPSA) is 21.3 Å².